The monoisotopic (exact) mass is 302 g/mol. The van der Waals surface area contributed by atoms with E-state index in [2.05, 4.69) is 0 Å². The molecular weight excluding hydrogens is 284 g/mol. The fourth-order valence-corrected chi connectivity index (χ4v) is 1.93. The SMILES string of the molecule is CCOc1cc(C(=O)Oc2ccccc2OC)ccc1OC. The minimum atomic E-state index is -0.492. The molecule has 0 saturated heterocycles. The second kappa shape index (κ2) is 7.36. The lowest BCUT2D eigenvalue weighted by atomic mass is 10.2. The zero-order valence-corrected chi connectivity index (χ0v) is 12.8. The molecule has 0 atom stereocenters. The fourth-order valence-electron chi connectivity index (χ4n) is 1.93. The van der Waals surface area contributed by atoms with Crippen LogP contribution in [-0.2, 0) is 0 Å². The number of carbonyl (C=O) groups excluding carboxylic acids is 1. The molecule has 0 aliphatic heterocycles. The highest BCUT2D eigenvalue weighted by Gasteiger charge is 2.15. The summed E-state index contributed by atoms with van der Waals surface area (Å²) in [5.41, 5.74) is 0.371. The quantitative estimate of drug-likeness (QED) is 0.605. The summed E-state index contributed by atoms with van der Waals surface area (Å²) in [5, 5.41) is 0. The van der Waals surface area contributed by atoms with Gasteiger partial charge in [-0.3, -0.25) is 0 Å². The number of hydrogen-bond donors (Lipinski definition) is 0. The highest BCUT2D eigenvalue weighted by atomic mass is 16.6. The third-order valence-corrected chi connectivity index (χ3v) is 2.97. The Hall–Kier alpha value is -2.69. The molecule has 0 unspecified atom stereocenters. The van der Waals surface area contributed by atoms with Crippen LogP contribution < -0.4 is 18.9 Å². The third-order valence-electron chi connectivity index (χ3n) is 2.97. The molecule has 22 heavy (non-hydrogen) atoms. The summed E-state index contributed by atoms with van der Waals surface area (Å²) < 4.78 is 21.2. The first kappa shape index (κ1) is 15.7. The molecule has 2 aromatic carbocycles. The van der Waals surface area contributed by atoms with Crippen LogP contribution in [0.3, 0.4) is 0 Å². The van der Waals surface area contributed by atoms with E-state index in [-0.39, 0.29) is 0 Å². The van der Waals surface area contributed by atoms with Crippen molar-refractivity contribution < 1.29 is 23.7 Å². The minimum Gasteiger partial charge on any atom is -0.493 e. The predicted octanol–water partition coefficient (Wildman–Crippen LogP) is 3.32. The Labute approximate surface area is 129 Å². The van der Waals surface area contributed by atoms with E-state index < -0.39 is 5.97 Å². The van der Waals surface area contributed by atoms with E-state index in [0.29, 0.717) is 35.2 Å². The first-order chi connectivity index (χ1) is 10.7. The van der Waals surface area contributed by atoms with Gasteiger partial charge < -0.3 is 18.9 Å². The van der Waals surface area contributed by atoms with Crippen molar-refractivity contribution >= 4 is 5.97 Å². The first-order valence-electron chi connectivity index (χ1n) is 6.85. The Morgan fingerprint density at radius 2 is 1.55 bits per heavy atom. The lowest BCUT2D eigenvalue weighted by molar-refractivity contribution is 0.0729. The molecule has 2 rings (SSSR count). The second-order valence-electron chi connectivity index (χ2n) is 4.34. The van der Waals surface area contributed by atoms with Gasteiger partial charge in [-0.05, 0) is 37.3 Å². The van der Waals surface area contributed by atoms with E-state index in [1.807, 2.05) is 6.92 Å². The molecule has 0 saturated carbocycles. The predicted molar refractivity (Wildman–Crippen MR) is 82.1 cm³/mol. The molecule has 0 aromatic heterocycles. The Morgan fingerprint density at radius 1 is 0.909 bits per heavy atom. The van der Waals surface area contributed by atoms with Gasteiger partial charge in [0.25, 0.3) is 0 Å². The smallest absolute Gasteiger partial charge is 0.343 e. The van der Waals surface area contributed by atoms with Crippen molar-refractivity contribution in [2.24, 2.45) is 0 Å². The lowest BCUT2D eigenvalue weighted by Gasteiger charge is -2.12. The van der Waals surface area contributed by atoms with Gasteiger partial charge in [0.2, 0.25) is 0 Å². The van der Waals surface area contributed by atoms with E-state index in [1.165, 1.54) is 7.11 Å². The molecule has 5 nitrogen and oxygen atoms in total. The van der Waals surface area contributed by atoms with Crippen molar-refractivity contribution in [1.82, 2.24) is 0 Å². The standard InChI is InChI=1S/C17H18O5/c1-4-21-16-11-12(9-10-14(16)20-3)17(18)22-15-8-6-5-7-13(15)19-2/h5-11H,4H2,1-3H3. The number of esters is 1. The molecule has 0 spiro atoms. The number of ether oxygens (including phenoxy) is 4. The zero-order chi connectivity index (χ0) is 15.9. The molecule has 0 aliphatic carbocycles. The molecule has 0 radical (unpaired) electrons. The summed E-state index contributed by atoms with van der Waals surface area (Å²) in [5.74, 6) is 1.43. The zero-order valence-electron chi connectivity index (χ0n) is 12.8. The topological polar surface area (TPSA) is 54.0 Å². The normalized spacial score (nSPS) is 9.95. The summed E-state index contributed by atoms with van der Waals surface area (Å²) in [7, 11) is 3.07. The number of hydrogen-bond acceptors (Lipinski definition) is 5. The average molecular weight is 302 g/mol. The van der Waals surface area contributed by atoms with Gasteiger partial charge in [-0.25, -0.2) is 4.79 Å². The van der Waals surface area contributed by atoms with Crippen LogP contribution in [0.2, 0.25) is 0 Å². The Morgan fingerprint density at radius 3 is 2.18 bits per heavy atom. The lowest BCUT2D eigenvalue weighted by Crippen LogP contribution is -2.10. The maximum atomic E-state index is 12.3. The maximum absolute atomic E-state index is 12.3. The van der Waals surface area contributed by atoms with Gasteiger partial charge >= 0.3 is 5.97 Å². The van der Waals surface area contributed by atoms with Crippen LogP contribution >= 0.6 is 0 Å². The molecule has 0 amide bonds. The molecule has 0 N–H and O–H groups in total. The summed E-state index contributed by atoms with van der Waals surface area (Å²) in [4.78, 5) is 12.3. The minimum absolute atomic E-state index is 0.365. The van der Waals surface area contributed by atoms with Crippen molar-refractivity contribution in [2.45, 2.75) is 6.92 Å². The van der Waals surface area contributed by atoms with Crippen LogP contribution in [0, 0.1) is 0 Å². The molecule has 0 heterocycles. The van der Waals surface area contributed by atoms with Crippen LogP contribution in [0.5, 0.6) is 23.0 Å². The van der Waals surface area contributed by atoms with Crippen molar-refractivity contribution in [2.75, 3.05) is 20.8 Å². The largest absolute Gasteiger partial charge is 0.493 e. The average Bonchev–Trinajstić information content (AvgIpc) is 2.55. The number of methoxy groups -OCH3 is 2. The second-order valence-corrected chi connectivity index (χ2v) is 4.34. The van der Waals surface area contributed by atoms with Crippen molar-refractivity contribution in [3.63, 3.8) is 0 Å². The third kappa shape index (κ3) is 3.49. The van der Waals surface area contributed by atoms with Crippen LogP contribution in [-0.4, -0.2) is 26.8 Å². The summed E-state index contributed by atoms with van der Waals surface area (Å²) in [6.45, 7) is 2.33. The van der Waals surface area contributed by atoms with Crippen molar-refractivity contribution in [3.8, 4) is 23.0 Å². The van der Waals surface area contributed by atoms with E-state index in [1.54, 1.807) is 49.6 Å². The summed E-state index contributed by atoms with van der Waals surface area (Å²) in [6, 6.07) is 11.9. The van der Waals surface area contributed by atoms with Crippen LogP contribution in [0.25, 0.3) is 0 Å². The Kier molecular flexibility index (Phi) is 5.25. The molecule has 2 aromatic rings. The molecule has 0 fully saturated rings. The number of rotatable bonds is 6. The molecule has 0 bridgehead atoms. The van der Waals surface area contributed by atoms with Crippen molar-refractivity contribution in [1.29, 1.82) is 0 Å². The van der Waals surface area contributed by atoms with Crippen LogP contribution in [0.4, 0.5) is 0 Å². The number of benzene rings is 2. The first-order valence-corrected chi connectivity index (χ1v) is 6.85. The maximum Gasteiger partial charge on any atom is 0.343 e. The Balaban J connectivity index is 2.24. The van der Waals surface area contributed by atoms with Crippen LogP contribution in [0.15, 0.2) is 42.5 Å². The Bertz CT molecular complexity index is 651. The molecule has 116 valence electrons. The van der Waals surface area contributed by atoms with Gasteiger partial charge in [0.1, 0.15) is 0 Å². The van der Waals surface area contributed by atoms with E-state index in [0.717, 1.165) is 0 Å². The molecule has 5 heteroatoms. The van der Waals surface area contributed by atoms with Gasteiger partial charge in [0.15, 0.2) is 23.0 Å². The molecule has 0 aliphatic rings. The van der Waals surface area contributed by atoms with Gasteiger partial charge in [-0.2, -0.15) is 0 Å². The molecular formula is C17H18O5. The highest BCUT2D eigenvalue weighted by Crippen LogP contribution is 2.30. The van der Waals surface area contributed by atoms with E-state index in [9.17, 15) is 4.79 Å². The van der Waals surface area contributed by atoms with Gasteiger partial charge in [-0.15, -0.1) is 0 Å². The highest BCUT2D eigenvalue weighted by molar-refractivity contribution is 5.92. The van der Waals surface area contributed by atoms with Gasteiger partial charge in [-0.1, -0.05) is 12.1 Å². The van der Waals surface area contributed by atoms with Gasteiger partial charge in [0, 0.05) is 0 Å². The number of para-hydroxylation sites is 2. The number of carbonyl (C=O) groups is 1. The van der Waals surface area contributed by atoms with Crippen LogP contribution in [0.1, 0.15) is 17.3 Å². The van der Waals surface area contributed by atoms with E-state index >= 15 is 0 Å². The van der Waals surface area contributed by atoms with Crippen molar-refractivity contribution in [3.05, 3.63) is 48.0 Å². The summed E-state index contributed by atoms with van der Waals surface area (Å²) in [6.07, 6.45) is 0. The van der Waals surface area contributed by atoms with E-state index in [4.69, 9.17) is 18.9 Å². The van der Waals surface area contributed by atoms with Gasteiger partial charge in [0.05, 0.1) is 26.4 Å². The summed E-state index contributed by atoms with van der Waals surface area (Å²) >= 11 is 0. The fraction of sp³-hybridized carbons (Fsp3) is 0.235.